The Morgan fingerprint density at radius 1 is 1.31 bits per heavy atom. The minimum atomic E-state index is -0.0546. The van der Waals surface area contributed by atoms with Gasteiger partial charge in [-0.2, -0.15) is 0 Å². The summed E-state index contributed by atoms with van der Waals surface area (Å²) in [5.74, 6) is 0. The first-order valence-corrected chi connectivity index (χ1v) is 6.32. The van der Waals surface area contributed by atoms with Crippen molar-refractivity contribution in [2.24, 2.45) is 0 Å². The van der Waals surface area contributed by atoms with E-state index < -0.39 is 0 Å². The topological polar surface area (TPSA) is 50.4 Å². The molecule has 0 spiro atoms. The van der Waals surface area contributed by atoms with E-state index >= 15 is 0 Å². The molecule has 0 bridgehead atoms. The second kappa shape index (κ2) is 6.09. The molecular formula is C12H24N2O2. The van der Waals surface area contributed by atoms with Crippen LogP contribution in [0.2, 0.25) is 0 Å². The summed E-state index contributed by atoms with van der Waals surface area (Å²) >= 11 is 0. The smallest absolute Gasteiger partial charge is 0.315 e. The number of hydrogen-bond donors (Lipinski definition) is 2. The molecular weight excluding hydrogens is 204 g/mol. The molecule has 1 unspecified atom stereocenters. The summed E-state index contributed by atoms with van der Waals surface area (Å²) in [6, 6.07) is 0.129. The highest BCUT2D eigenvalue weighted by Crippen LogP contribution is 2.19. The minimum Gasteiger partial charge on any atom is -0.379 e. The first-order valence-electron chi connectivity index (χ1n) is 6.32. The number of ether oxygens (including phenoxy) is 1. The molecule has 0 aromatic carbocycles. The molecule has 2 amide bonds. The van der Waals surface area contributed by atoms with Gasteiger partial charge in [-0.05, 0) is 25.7 Å². The fourth-order valence-corrected chi connectivity index (χ4v) is 2.13. The average Bonchev–Trinajstić information content (AvgIpc) is 2.79. The van der Waals surface area contributed by atoms with E-state index in [0.717, 1.165) is 32.3 Å². The molecule has 0 aromatic rings. The van der Waals surface area contributed by atoms with Crippen molar-refractivity contribution in [3.8, 4) is 0 Å². The predicted octanol–water partition coefficient (Wildman–Crippen LogP) is 2.04. The third-order valence-corrected chi connectivity index (χ3v) is 3.67. The van der Waals surface area contributed by atoms with Gasteiger partial charge in [0, 0.05) is 12.1 Å². The Morgan fingerprint density at radius 3 is 2.38 bits per heavy atom. The Labute approximate surface area is 98.1 Å². The van der Waals surface area contributed by atoms with Gasteiger partial charge in [-0.15, -0.1) is 0 Å². The molecule has 2 N–H and O–H groups in total. The summed E-state index contributed by atoms with van der Waals surface area (Å²) in [6.07, 6.45) is 3.82. The number of nitrogens with one attached hydrogen (secondary N) is 2. The van der Waals surface area contributed by atoms with E-state index in [-0.39, 0.29) is 17.6 Å². The molecule has 1 saturated heterocycles. The lowest BCUT2D eigenvalue weighted by atomic mass is 9.90. The van der Waals surface area contributed by atoms with Gasteiger partial charge >= 0.3 is 6.03 Å². The fraction of sp³-hybridized carbons (Fsp3) is 0.917. The fourth-order valence-electron chi connectivity index (χ4n) is 2.13. The molecule has 1 rings (SSSR count). The van der Waals surface area contributed by atoms with Crippen molar-refractivity contribution in [1.29, 1.82) is 0 Å². The Balaban J connectivity index is 2.41. The SMILES string of the molecule is CCC(CC)(CC)NC(=O)NC1CCOC1. The highest BCUT2D eigenvalue weighted by atomic mass is 16.5. The van der Waals surface area contributed by atoms with Crippen LogP contribution in [0.1, 0.15) is 46.5 Å². The molecule has 0 aromatic heterocycles. The molecule has 16 heavy (non-hydrogen) atoms. The molecule has 1 aliphatic rings. The van der Waals surface area contributed by atoms with Crippen LogP contribution in [0.15, 0.2) is 0 Å². The minimum absolute atomic E-state index is 0.0520. The number of carbonyl (C=O) groups excluding carboxylic acids is 1. The molecule has 94 valence electrons. The van der Waals surface area contributed by atoms with E-state index in [0.29, 0.717) is 6.61 Å². The zero-order valence-electron chi connectivity index (χ0n) is 10.6. The van der Waals surface area contributed by atoms with Crippen molar-refractivity contribution < 1.29 is 9.53 Å². The normalized spacial score (nSPS) is 20.8. The lowest BCUT2D eigenvalue weighted by molar-refractivity contribution is 0.185. The summed E-state index contributed by atoms with van der Waals surface area (Å²) in [7, 11) is 0. The molecule has 1 heterocycles. The van der Waals surface area contributed by atoms with E-state index in [1.807, 2.05) is 0 Å². The van der Waals surface area contributed by atoms with E-state index in [1.54, 1.807) is 0 Å². The Kier molecular flexibility index (Phi) is 5.06. The van der Waals surface area contributed by atoms with Crippen LogP contribution >= 0.6 is 0 Å². The average molecular weight is 228 g/mol. The van der Waals surface area contributed by atoms with Crippen LogP contribution in [0.3, 0.4) is 0 Å². The van der Waals surface area contributed by atoms with E-state index in [9.17, 15) is 4.79 Å². The third kappa shape index (κ3) is 3.37. The lowest BCUT2D eigenvalue weighted by Gasteiger charge is -2.32. The lowest BCUT2D eigenvalue weighted by Crippen LogP contribution is -2.53. The van der Waals surface area contributed by atoms with Crippen molar-refractivity contribution in [1.82, 2.24) is 10.6 Å². The number of rotatable bonds is 5. The summed E-state index contributed by atoms with van der Waals surface area (Å²) in [5.41, 5.74) is -0.0520. The first-order chi connectivity index (χ1) is 7.65. The number of hydrogen-bond acceptors (Lipinski definition) is 2. The van der Waals surface area contributed by atoms with Crippen molar-refractivity contribution >= 4 is 6.03 Å². The zero-order chi connectivity index (χ0) is 12.0. The molecule has 0 saturated carbocycles. The van der Waals surface area contributed by atoms with Crippen molar-refractivity contribution in [2.75, 3.05) is 13.2 Å². The van der Waals surface area contributed by atoms with Gasteiger partial charge in [0.05, 0.1) is 12.6 Å². The summed E-state index contributed by atoms with van der Waals surface area (Å²) < 4.78 is 5.22. The number of carbonyl (C=O) groups is 1. The third-order valence-electron chi connectivity index (χ3n) is 3.67. The summed E-state index contributed by atoms with van der Waals surface area (Å²) in [4.78, 5) is 11.8. The first kappa shape index (κ1) is 13.3. The number of amides is 2. The van der Waals surface area contributed by atoms with Crippen molar-refractivity contribution in [2.45, 2.75) is 58.0 Å². The number of urea groups is 1. The predicted molar refractivity (Wildman–Crippen MR) is 64.5 cm³/mol. The van der Waals surface area contributed by atoms with Gasteiger partial charge < -0.3 is 15.4 Å². The second-order valence-electron chi connectivity index (χ2n) is 4.50. The highest BCUT2D eigenvalue weighted by molar-refractivity contribution is 5.75. The summed E-state index contributed by atoms with van der Waals surface area (Å²) in [5, 5.41) is 6.06. The monoisotopic (exact) mass is 228 g/mol. The Morgan fingerprint density at radius 2 is 1.94 bits per heavy atom. The van der Waals surface area contributed by atoms with E-state index in [4.69, 9.17) is 4.74 Å². The zero-order valence-corrected chi connectivity index (χ0v) is 10.6. The molecule has 1 fully saturated rings. The van der Waals surface area contributed by atoms with Crippen molar-refractivity contribution in [3.05, 3.63) is 0 Å². The maximum absolute atomic E-state index is 11.8. The van der Waals surface area contributed by atoms with Crippen molar-refractivity contribution in [3.63, 3.8) is 0 Å². The van der Waals surface area contributed by atoms with Gasteiger partial charge in [0.2, 0.25) is 0 Å². The molecule has 4 heteroatoms. The maximum atomic E-state index is 11.8. The van der Waals surface area contributed by atoms with Crippen LogP contribution in [0.4, 0.5) is 4.79 Å². The van der Waals surface area contributed by atoms with E-state index in [1.165, 1.54) is 0 Å². The highest BCUT2D eigenvalue weighted by Gasteiger charge is 2.27. The van der Waals surface area contributed by atoms with Crippen LogP contribution in [0, 0.1) is 0 Å². The summed E-state index contributed by atoms with van der Waals surface area (Å²) in [6.45, 7) is 7.75. The van der Waals surface area contributed by atoms with E-state index in [2.05, 4.69) is 31.4 Å². The Bertz CT molecular complexity index is 213. The molecule has 0 aliphatic carbocycles. The molecule has 4 nitrogen and oxygen atoms in total. The van der Waals surface area contributed by atoms with Gasteiger partial charge in [0.15, 0.2) is 0 Å². The largest absolute Gasteiger partial charge is 0.379 e. The second-order valence-corrected chi connectivity index (χ2v) is 4.50. The quantitative estimate of drug-likeness (QED) is 0.756. The molecule has 1 atom stereocenters. The van der Waals surface area contributed by atoms with Crippen LogP contribution in [-0.4, -0.2) is 30.8 Å². The van der Waals surface area contributed by atoms with Gasteiger partial charge in [0.25, 0.3) is 0 Å². The standard InChI is InChI=1S/C12H24N2O2/c1-4-12(5-2,6-3)14-11(15)13-10-7-8-16-9-10/h10H,4-9H2,1-3H3,(H2,13,14,15). The maximum Gasteiger partial charge on any atom is 0.315 e. The van der Waals surface area contributed by atoms with Crippen LogP contribution in [-0.2, 0) is 4.74 Å². The molecule has 0 radical (unpaired) electrons. The van der Waals surface area contributed by atoms with Crippen LogP contribution < -0.4 is 10.6 Å². The van der Waals surface area contributed by atoms with Gasteiger partial charge in [-0.25, -0.2) is 4.79 Å². The van der Waals surface area contributed by atoms with Crippen LogP contribution in [0.25, 0.3) is 0 Å². The van der Waals surface area contributed by atoms with Gasteiger partial charge in [0.1, 0.15) is 0 Å². The van der Waals surface area contributed by atoms with Crippen LogP contribution in [0.5, 0.6) is 0 Å². The van der Waals surface area contributed by atoms with Gasteiger partial charge in [-0.1, -0.05) is 20.8 Å². The van der Waals surface area contributed by atoms with Gasteiger partial charge in [-0.3, -0.25) is 0 Å². The molecule has 1 aliphatic heterocycles. The Hall–Kier alpha value is -0.770.